The van der Waals surface area contributed by atoms with Gasteiger partial charge < -0.3 is 5.73 Å². The average Bonchev–Trinajstić information content (AvgIpc) is 2.09. The van der Waals surface area contributed by atoms with Gasteiger partial charge in [0, 0.05) is 31.1 Å². The molecule has 0 bridgehead atoms. The Morgan fingerprint density at radius 1 is 1.55 bits per heavy atom. The van der Waals surface area contributed by atoms with Crippen LogP contribution in [0.1, 0.15) is 25.0 Å². The van der Waals surface area contributed by atoms with E-state index in [1.807, 2.05) is 0 Å². The lowest BCUT2D eigenvalue weighted by atomic mass is 10.0. The summed E-state index contributed by atoms with van der Waals surface area (Å²) >= 11 is 0. The van der Waals surface area contributed by atoms with Crippen molar-refractivity contribution in [1.82, 2.24) is 9.97 Å². The monoisotopic (exact) mass is 151 g/mol. The van der Waals surface area contributed by atoms with E-state index in [1.165, 1.54) is 0 Å². The molecule has 0 unspecified atom stereocenters. The van der Waals surface area contributed by atoms with E-state index >= 15 is 0 Å². The summed E-state index contributed by atoms with van der Waals surface area (Å²) in [5.41, 5.74) is 6.55. The first kappa shape index (κ1) is 8.14. The molecule has 0 saturated carbocycles. The van der Waals surface area contributed by atoms with E-state index in [4.69, 9.17) is 5.73 Å². The van der Waals surface area contributed by atoms with Crippen LogP contribution in [-0.2, 0) is 0 Å². The SMILES string of the molecule is CC[C@@H](CN)c1cnccn1. The van der Waals surface area contributed by atoms with Crippen molar-refractivity contribution >= 4 is 0 Å². The molecule has 0 amide bonds. The van der Waals surface area contributed by atoms with Gasteiger partial charge in [-0.1, -0.05) is 6.92 Å². The quantitative estimate of drug-likeness (QED) is 0.699. The molecular weight excluding hydrogens is 138 g/mol. The minimum absolute atomic E-state index is 0.365. The van der Waals surface area contributed by atoms with Crippen LogP contribution in [0.3, 0.4) is 0 Å². The van der Waals surface area contributed by atoms with E-state index in [-0.39, 0.29) is 0 Å². The summed E-state index contributed by atoms with van der Waals surface area (Å²) in [5, 5.41) is 0. The van der Waals surface area contributed by atoms with Gasteiger partial charge in [0.15, 0.2) is 0 Å². The molecule has 0 radical (unpaired) electrons. The number of nitrogens with two attached hydrogens (primary N) is 1. The van der Waals surface area contributed by atoms with Crippen molar-refractivity contribution in [3.05, 3.63) is 24.3 Å². The first-order valence-corrected chi connectivity index (χ1v) is 3.84. The third-order valence-electron chi connectivity index (χ3n) is 1.78. The van der Waals surface area contributed by atoms with Gasteiger partial charge in [-0.3, -0.25) is 9.97 Å². The summed E-state index contributed by atoms with van der Waals surface area (Å²) in [4.78, 5) is 8.16. The lowest BCUT2D eigenvalue weighted by Crippen LogP contribution is -2.12. The molecule has 11 heavy (non-hydrogen) atoms. The number of aromatic nitrogens is 2. The molecule has 0 aliphatic carbocycles. The molecular formula is C8H13N3. The Morgan fingerprint density at radius 3 is 2.82 bits per heavy atom. The van der Waals surface area contributed by atoms with Gasteiger partial charge in [0.05, 0.1) is 5.69 Å². The van der Waals surface area contributed by atoms with Crippen LogP contribution in [-0.4, -0.2) is 16.5 Å². The van der Waals surface area contributed by atoms with Gasteiger partial charge in [-0.15, -0.1) is 0 Å². The molecule has 0 aromatic carbocycles. The van der Waals surface area contributed by atoms with Gasteiger partial charge in [-0.2, -0.15) is 0 Å². The van der Waals surface area contributed by atoms with Crippen LogP contribution in [0.4, 0.5) is 0 Å². The summed E-state index contributed by atoms with van der Waals surface area (Å²) < 4.78 is 0. The van der Waals surface area contributed by atoms with Gasteiger partial charge in [-0.05, 0) is 6.42 Å². The fraction of sp³-hybridized carbons (Fsp3) is 0.500. The Balaban J connectivity index is 2.74. The van der Waals surface area contributed by atoms with Gasteiger partial charge in [0.25, 0.3) is 0 Å². The highest BCUT2D eigenvalue weighted by molar-refractivity contribution is 5.03. The molecule has 3 heteroatoms. The summed E-state index contributed by atoms with van der Waals surface area (Å²) in [6, 6.07) is 0. The van der Waals surface area contributed by atoms with E-state index in [0.29, 0.717) is 12.5 Å². The molecule has 0 aliphatic heterocycles. The summed E-state index contributed by atoms with van der Waals surface area (Å²) in [6.45, 7) is 2.75. The third-order valence-corrected chi connectivity index (χ3v) is 1.78. The Kier molecular flexibility index (Phi) is 2.98. The Morgan fingerprint density at radius 2 is 2.36 bits per heavy atom. The Labute approximate surface area is 66.7 Å². The maximum atomic E-state index is 5.55. The van der Waals surface area contributed by atoms with Crippen molar-refractivity contribution in [2.45, 2.75) is 19.3 Å². The van der Waals surface area contributed by atoms with E-state index in [1.54, 1.807) is 18.6 Å². The molecule has 1 aromatic rings. The highest BCUT2D eigenvalue weighted by Gasteiger charge is 2.06. The molecule has 0 saturated heterocycles. The Hall–Kier alpha value is -0.960. The van der Waals surface area contributed by atoms with Crippen molar-refractivity contribution in [2.24, 2.45) is 5.73 Å². The van der Waals surface area contributed by atoms with Crippen LogP contribution in [0.2, 0.25) is 0 Å². The molecule has 0 fully saturated rings. The van der Waals surface area contributed by atoms with Crippen LogP contribution < -0.4 is 5.73 Å². The molecule has 1 rings (SSSR count). The molecule has 1 heterocycles. The number of rotatable bonds is 3. The zero-order valence-electron chi connectivity index (χ0n) is 6.70. The predicted molar refractivity (Wildman–Crippen MR) is 44.1 cm³/mol. The number of hydrogen-bond donors (Lipinski definition) is 1. The zero-order valence-corrected chi connectivity index (χ0v) is 6.70. The van der Waals surface area contributed by atoms with Gasteiger partial charge in [0.1, 0.15) is 0 Å². The highest BCUT2D eigenvalue weighted by atomic mass is 14.8. The van der Waals surface area contributed by atoms with Crippen LogP contribution in [0.25, 0.3) is 0 Å². The van der Waals surface area contributed by atoms with E-state index in [0.717, 1.165) is 12.1 Å². The predicted octanol–water partition coefficient (Wildman–Crippen LogP) is 0.929. The molecule has 1 atom stereocenters. The molecule has 1 aromatic heterocycles. The number of hydrogen-bond acceptors (Lipinski definition) is 3. The molecule has 0 aliphatic rings. The smallest absolute Gasteiger partial charge is 0.0630 e. The van der Waals surface area contributed by atoms with Gasteiger partial charge in [-0.25, -0.2) is 0 Å². The van der Waals surface area contributed by atoms with Crippen molar-refractivity contribution in [3.8, 4) is 0 Å². The zero-order chi connectivity index (χ0) is 8.10. The van der Waals surface area contributed by atoms with Crippen molar-refractivity contribution in [2.75, 3.05) is 6.54 Å². The van der Waals surface area contributed by atoms with Crippen LogP contribution in [0.5, 0.6) is 0 Å². The highest BCUT2D eigenvalue weighted by Crippen LogP contribution is 2.12. The lowest BCUT2D eigenvalue weighted by molar-refractivity contribution is 0.650. The maximum Gasteiger partial charge on any atom is 0.0630 e. The maximum absolute atomic E-state index is 5.55. The second-order valence-electron chi connectivity index (χ2n) is 2.47. The molecule has 3 nitrogen and oxygen atoms in total. The summed E-state index contributed by atoms with van der Waals surface area (Å²) in [5.74, 6) is 0.365. The van der Waals surface area contributed by atoms with Crippen molar-refractivity contribution < 1.29 is 0 Å². The van der Waals surface area contributed by atoms with Gasteiger partial charge in [0.2, 0.25) is 0 Å². The second-order valence-corrected chi connectivity index (χ2v) is 2.47. The average molecular weight is 151 g/mol. The minimum Gasteiger partial charge on any atom is -0.330 e. The third kappa shape index (κ3) is 1.98. The van der Waals surface area contributed by atoms with Crippen LogP contribution in [0.15, 0.2) is 18.6 Å². The van der Waals surface area contributed by atoms with E-state index in [9.17, 15) is 0 Å². The molecule has 60 valence electrons. The lowest BCUT2D eigenvalue weighted by Gasteiger charge is -2.09. The largest absolute Gasteiger partial charge is 0.330 e. The second kappa shape index (κ2) is 4.03. The minimum atomic E-state index is 0.365. The Bertz CT molecular complexity index is 194. The standard InChI is InChI=1S/C8H13N3/c1-2-7(5-9)8-6-10-3-4-11-8/h3-4,6-7H,2,5,9H2,1H3/t7-/m0/s1. The first-order chi connectivity index (χ1) is 5.38. The first-order valence-electron chi connectivity index (χ1n) is 3.84. The fourth-order valence-electron chi connectivity index (χ4n) is 1.02. The van der Waals surface area contributed by atoms with Gasteiger partial charge >= 0.3 is 0 Å². The topological polar surface area (TPSA) is 51.8 Å². The number of nitrogens with zero attached hydrogens (tertiary/aromatic N) is 2. The fourth-order valence-corrected chi connectivity index (χ4v) is 1.02. The van der Waals surface area contributed by atoms with Crippen molar-refractivity contribution in [3.63, 3.8) is 0 Å². The van der Waals surface area contributed by atoms with Crippen molar-refractivity contribution in [1.29, 1.82) is 0 Å². The summed E-state index contributed by atoms with van der Waals surface area (Å²) in [7, 11) is 0. The molecule has 0 spiro atoms. The summed E-state index contributed by atoms with van der Waals surface area (Å²) in [6.07, 6.45) is 6.18. The molecule has 2 N–H and O–H groups in total. The normalized spacial score (nSPS) is 12.9. The van der Waals surface area contributed by atoms with Crippen LogP contribution >= 0.6 is 0 Å². The van der Waals surface area contributed by atoms with Crippen LogP contribution in [0, 0.1) is 0 Å². The van der Waals surface area contributed by atoms with E-state index in [2.05, 4.69) is 16.9 Å². The van der Waals surface area contributed by atoms with E-state index < -0.39 is 0 Å².